The van der Waals surface area contributed by atoms with Gasteiger partial charge in [-0.25, -0.2) is 14.4 Å². The summed E-state index contributed by atoms with van der Waals surface area (Å²) in [5.74, 6) is -2.02. The van der Waals surface area contributed by atoms with Crippen LogP contribution in [0.15, 0.2) is 33.5 Å². The first kappa shape index (κ1) is 26.1. The molecule has 0 saturated carbocycles. The molecule has 0 spiro atoms. The van der Waals surface area contributed by atoms with Gasteiger partial charge in [-0.1, -0.05) is 12.1 Å². The van der Waals surface area contributed by atoms with Crippen LogP contribution in [-0.2, 0) is 46.3 Å². The SMILES string of the molecule is O=C(Cc1ccc2cc(COC(=O)OCCCCP(=O)(O)O)c(=O)oc2c1)ON1C(=O)CCC1=O. The predicted octanol–water partition coefficient (Wildman–Crippen LogP) is 1.55. The summed E-state index contributed by atoms with van der Waals surface area (Å²) in [7, 11) is -4.10. The second-order valence-corrected chi connectivity index (χ2v) is 9.41. The van der Waals surface area contributed by atoms with Gasteiger partial charge in [0.25, 0.3) is 11.8 Å². The van der Waals surface area contributed by atoms with Gasteiger partial charge >= 0.3 is 25.3 Å². The standard InChI is InChI=1S/C21H22NO12P/c23-17-5-6-18(24)22(17)34-19(25)10-13-3-4-14-11-15(20(26)33-16(14)9-13)12-32-21(27)31-7-1-2-8-35(28,29)30/h3-4,9,11H,1-2,5-8,10,12H2,(H2,28,29,30). The number of hydrogen-bond acceptors (Lipinski definition) is 10. The van der Waals surface area contributed by atoms with Crippen LogP contribution in [0.2, 0.25) is 0 Å². The smallest absolute Gasteiger partial charge is 0.434 e. The van der Waals surface area contributed by atoms with Crippen molar-refractivity contribution in [3.05, 3.63) is 45.8 Å². The maximum atomic E-state index is 12.2. The summed E-state index contributed by atoms with van der Waals surface area (Å²) in [6.45, 7) is -0.526. The first-order valence-corrected chi connectivity index (χ1v) is 12.3. The third-order valence-corrected chi connectivity index (χ3v) is 5.73. The minimum Gasteiger partial charge on any atom is -0.434 e. The van der Waals surface area contributed by atoms with E-state index in [0.29, 0.717) is 16.0 Å². The molecule has 2 heterocycles. The van der Waals surface area contributed by atoms with Crippen molar-refractivity contribution in [3.8, 4) is 0 Å². The molecule has 0 bridgehead atoms. The maximum absolute atomic E-state index is 12.2. The third kappa shape index (κ3) is 7.74. The fourth-order valence-electron chi connectivity index (χ4n) is 3.12. The van der Waals surface area contributed by atoms with Gasteiger partial charge < -0.3 is 28.5 Å². The quantitative estimate of drug-likeness (QED) is 0.154. The van der Waals surface area contributed by atoms with Gasteiger partial charge in [0, 0.05) is 24.4 Å². The topological polar surface area (TPSA) is 187 Å². The lowest BCUT2D eigenvalue weighted by Gasteiger charge is -2.12. The van der Waals surface area contributed by atoms with Gasteiger partial charge in [0.15, 0.2) is 0 Å². The minimum absolute atomic E-state index is 0.0175. The summed E-state index contributed by atoms with van der Waals surface area (Å²) in [6, 6.07) is 6.00. The Kier molecular flexibility index (Phi) is 8.39. The van der Waals surface area contributed by atoms with Crippen LogP contribution in [0.25, 0.3) is 11.0 Å². The Morgan fingerprint density at radius 1 is 1.03 bits per heavy atom. The average molecular weight is 511 g/mol. The first-order valence-electron chi connectivity index (χ1n) is 10.5. The number of ether oxygens (including phenoxy) is 2. The number of fused-ring (bicyclic) bond motifs is 1. The average Bonchev–Trinajstić information content (AvgIpc) is 3.08. The van der Waals surface area contributed by atoms with E-state index < -0.39 is 43.8 Å². The van der Waals surface area contributed by atoms with Crippen LogP contribution in [0.5, 0.6) is 0 Å². The molecule has 3 rings (SSSR count). The van der Waals surface area contributed by atoms with Crippen molar-refractivity contribution in [2.24, 2.45) is 0 Å². The normalized spacial score (nSPS) is 13.8. The minimum atomic E-state index is -4.10. The molecule has 1 aromatic carbocycles. The first-order chi connectivity index (χ1) is 16.5. The van der Waals surface area contributed by atoms with E-state index in [1.54, 1.807) is 12.1 Å². The Morgan fingerprint density at radius 3 is 2.43 bits per heavy atom. The van der Waals surface area contributed by atoms with Gasteiger partial charge in [-0.3, -0.25) is 14.2 Å². The molecule has 0 atom stereocenters. The largest absolute Gasteiger partial charge is 0.508 e. The second-order valence-electron chi connectivity index (χ2n) is 7.64. The van der Waals surface area contributed by atoms with Gasteiger partial charge in [-0.05, 0) is 30.5 Å². The van der Waals surface area contributed by atoms with Crippen LogP contribution in [0.3, 0.4) is 0 Å². The molecular formula is C21H22NO12P. The molecule has 1 aliphatic heterocycles. The Balaban J connectivity index is 1.53. The van der Waals surface area contributed by atoms with Crippen molar-refractivity contribution in [1.29, 1.82) is 0 Å². The van der Waals surface area contributed by atoms with Gasteiger partial charge in [0.05, 0.1) is 18.6 Å². The molecule has 2 aromatic rings. The second kappa shape index (κ2) is 11.3. The monoisotopic (exact) mass is 511 g/mol. The fourth-order valence-corrected chi connectivity index (χ4v) is 3.76. The summed E-state index contributed by atoms with van der Waals surface area (Å²) in [6.07, 6.45) is -1.28. The van der Waals surface area contributed by atoms with Gasteiger partial charge in [0.1, 0.15) is 12.2 Å². The van der Waals surface area contributed by atoms with E-state index >= 15 is 0 Å². The highest BCUT2D eigenvalue weighted by Crippen LogP contribution is 2.35. The molecule has 1 saturated heterocycles. The maximum Gasteiger partial charge on any atom is 0.508 e. The number of rotatable bonds is 10. The number of nitrogens with zero attached hydrogens (tertiary/aromatic N) is 1. The van der Waals surface area contributed by atoms with Crippen LogP contribution in [0.1, 0.15) is 36.8 Å². The number of hydroxylamine groups is 2. The number of amides is 2. The van der Waals surface area contributed by atoms with Gasteiger partial charge in [-0.2, -0.15) is 0 Å². The van der Waals surface area contributed by atoms with E-state index in [9.17, 15) is 28.5 Å². The van der Waals surface area contributed by atoms with E-state index in [-0.39, 0.29) is 56.0 Å². The predicted molar refractivity (Wildman–Crippen MR) is 116 cm³/mol. The Morgan fingerprint density at radius 2 is 1.74 bits per heavy atom. The summed E-state index contributed by atoms with van der Waals surface area (Å²) in [5, 5.41) is 0.930. The molecule has 0 aliphatic carbocycles. The zero-order valence-corrected chi connectivity index (χ0v) is 19.2. The number of carbonyl (C=O) groups is 4. The number of carbonyl (C=O) groups excluding carboxylic acids is 4. The number of imide groups is 1. The zero-order chi connectivity index (χ0) is 25.6. The summed E-state index contributed by atoms with van der Waals surface area (Å²) < 4.78 is 25.6. The highest BCUT2D eigenvalue weighted by Gasteiger charge is 2.32. The molecule has 14 heteroatoms. The summed E-state index contributed by atoms with van der Waals surface area (Å²) in [4.78, 5) is 81.3. The highest BCUT2D eigenvalue weighted by molar-refractivity contribution is 7.51. The summed E-state index contributed by atoms with van der Waals surface area (Å²) >= 11 is 0. The number of hydrogen-bond donors (Lipinski definition) is 2. The highest BCUT2D eigenvalue weighted by atomic mass is 31.2. The molecule has 0 unspecified atom stereocenters. The lowest BCUT2D eigenvalue weighted by molar-refractivity contribution is -0.197. The van der Waals surface area contributed by atoms with Crippen molar-refractivity contribution in [2.45, 2.75) is 38.7 Å². The van der Waals surface area contributed by atoms with Crippen LogP contribution in [-0.4, -0.2) is 51.6 Å². The summed E-state index contributed by atoms with van der Waals surface area (Å²) in [5.41, 5.74) is -0.171. The van der Waals surface area contributed by atoms with Gasteiger partial charge in [-0.15, -0.1) is 5.06 Å². The Bertz CT molecular complexity index is 1230. The van der Waals surface area contributed by atoms with Crippen LogP contribution in [0.4, 0.5) is 4.79 Å². The van der Waals surface area contributed by atoms with E-state index in [4.69, 9.17) is 28.5 Å². The van der Waals surface area contributed by atoms with E-state index in [0.717, 1.165) is 0 Å². The Labute approximate surface area is 197 Å². The van der Waals surface area contributed by atoms with Crippen molar-refractivity contribution >= 4 is 42.5 Å². The molecular weight excluding hydrogens is 489 g/mol. The van der Waals surface area contributed by atoms with E-state index in [1.165, 1.54) is 12.1 Å². The number of benzene rings is 1. The molecule has 2 N–H and O–H groups in total. The zero-order valence-electron chi connectivity index (χ0n) is 18.3. The van der Waals surface area contributed by atoms with Crippen molar-refractivity contribution in [1.82, 2.24) is 5.06 Å². The molecule has 1 aromatic heterocycles. The van der Waals surface area contributed by atoms with E-state index in [1.807, 2.05) is 0 Å². The molecule has 35 heavy (non-hydrogen) atoms. The fraction of sp³-hybridized carbons (Fsp3) is 0.381. The third-order valence-electron chi connectivity index (χ3n) is 4.83. The van der Waals surface area contributed by atoms with Crippen molar-refractivity contribution < 1.29 is 52.3 Å². The molecule has 0 radical (unpaired) electrons. The van der Waals surface area contributed by atoms with Crippen molar-refractivity contribution in [3.63, 3.8) is 0 Å². The molecule has 188 valence electrons. The Hall–Kier alpha value is -3.54. The molecule has 1 fully saturated rings. The van der Waals surface area contributed by atoms with Gasteiger partial charge in [0.2, 0.25) is 0 Å². The number of unbranched alkanes of at least 4 members (excludes halogenated alkanes) is 1. The lowest BCUT2D eigenvalue weighted by Crippen LogP contribution is -2.32. The van der Waals surface area contributed by atoms with Crippen LogP contribution < -0.4 is 5.63 Å². The van der Waals surface area contributed by atoms with Crippen LogP contribution >= 0.6 is 7.60 Å². The molecule has 2 amide bonds. The van der Waals surface area contributed by atoms with Crippen LogP contribution in [0, 0.1) is 0 Å². The molecule has 1 aliphatic rings. The van der Waals surface area contributed by atoms with Crippen molar-refractivity contribution in [2.75, 3.05) is 12.8 Å². The lowest BCUT2D eigenvalue weighted by atomic mass is 10.1. The molecule has 13 nitrogen and oxygen atoms in total. The van der Waals surface area contributed by atoms with E-state index in [2.05, 4.69) is 0 Å².